The van der Waals surface area contributed by atoms with Crippen molar-refractivity contribution in [1.29, 1.82) is 0 Å². The summed E-state index contributed by atoms with van der Waals surface area (Å²) in [6, 6.07) is 9.93. The number of hydrogen-bond acceptors (Lipinski definition) is 4. The van der Waals surface area contributed by atoms with Gasteiger partial charge in [0.25, 0.3) is 0 Å². The number of carboxylic acid groups (broad SMARTS) is 1. The number of carbonyl (C=O) groups is 2. The molecule has 1 aromatic rings. The molecule has 1 fully saturated rings. The van der Waals surface area contributed by atoms with Crippen LogP contribution in [0.25, 0.3) is 0 Å². The van der Waals surface area contributed by atoms with Crippen LogP contribution in [0.4, 0.5) is 0 Å². The minimum atomic E-state index is -0.839. The van der Waals surface area contributed by atoms with E-state index in [1.165, 1.54) is 0 Å². The molecule has 0 aromatic heterocycles. The Hall–Kier alpha value is -2.42. The second-order valence-corrected chi connectivity index (χ2v) is 7.54. The fourth-order valence-corrected chi connectivity index (χ4v) is 3.57. The van der Waals surface area contributed by atoms with E-state index in [1.807, 2.05) is 30.3 Å². The smallest absolute Gasteiger partial charge is 0.303 e. The van der Waals surface area contributed by atoms with Gasteiger partial charge in [-0.2, -0.15) is 0 Å². The van der Waals surface area contributed by atoms with Gasteiger partial charge in [0.15, 0.2) is 0 Å². The largest absolute Gasteiger partial charge is 0.481 e. The van der Waals surface area contributed by atoms with Gasteiger partial charge in [-0.3, -0.25) is 9.59 Å². The first-order valence-electron chi connectivity index (χ1n) is 10.3. The summed E-state index contributed by atoms with van der Waals surface area (Å²) in [6.07, 6.45) is 5.69. The number of aryl methyl sites for hydroxylation is 1. The van der Waals surface area contributed by atoms with Gasteiger partial charge in [-0.05, 0) is 31.2 Å². The van der Waals surface area contributed by atoms with E-state index >= 15 is 0 Å². The SMILES string of the molecule is O=C(O)CCCC#CC[C@H]1C(=O)CC[C@@H](O)[C@@H]1C=CC(O)CCc1ccccc1. The Morgan fingerprint density at radius 3 is 2.72 bits per heavy atom. The lowest BCUT2D eigenvalue weighted by Crippen LogP contribution is -2.37. The molecule has 0 radical (unpaired) electrons. The Kier molecular flexibility index (Phi) is 9.63. The van der Waals surface area contributed by atoms with Crippen molar-refractivity contribution in [3.05, 3.63) is 48.0 Å². The first kappa shape index (κ1) is 22.9. The van der Waals surface area contributed by atoms with Gasteiger partial charge in [-0.1, -0.05) is 42.5 Å². The summed E-state index contributed by atoms with van der Waals surface area (Å²) in [4.78, 5) is 22.9. The van der Waals surface area contributed by atoms with Gasteiger partial charge in [0, 0.05) is 37.5 Å². The predicted octanol–water partition coefficient (Wildman–Crippen LogP) is 3.14. The van der Waals surface area contributed by atoms with Crippen molar-refractivity contribution in [2.75, 3.05) is 0 Å². The van der Waals surface area contributed by atoms with Crippen molar-refractivity contribution in [2.24, 2.45) is 11.8 Å². The number of aliphatic carboxylic acids is 1. The highest BCUT2D eigenvalue weighted by atomic mass is 16.4. The number of rotatable bonds is 9. The first-order valence-corrected chi connectivity index (χ1v) is 10.3. The maximum absolute atomic E-state index is 12.4. The molecule has 1 aromatic carbocycles. The fraction of sp³-hybridized carbons (Fsp3) is 0.500. The third-order valence-electron chi connectivity index (χ3n) is 5.28. The molecule has 0 aliphatic heterocycles. The van der Waals surface area contributed by atoms with Crippen LogP contribution in [0.1, 0.15) is 50.5 Å². The Morgan fingerprint density at radius 1 is 1.24 bits per heavy atom. The Labute approximate surface area is 172 Å². The fourth-order valence-electron chi connectivity index (χ4n) is 3.57. The molecule has 0 saturated heterocycles. The van der Waals surface area contributed by atoms with Gasteiger partial charge in [-0.25, -0.2) is 0 Å². The van der Waals surface area contributed by atoms with Crippen LogP contribution in [-0.2, 0) is 16.0 Å². The molecular weight excluding hydrogens is 368 g/mol. The summed E-state index contributed by atoms with van der Waals surface area (Å²) in [5, 5.41) is 29.3. The molecule has 0 spiro atoms. The van der Waals surface area contributed by atoms with Crippen LogP contribution in [0, 0.1) is 23.7 Å². The number of aliphatic hydroxyl groups excluding tert-OH is 2. The third kappa shape index (κ3) is 8.23. The van der Waals surface area contributed by atoms with E-state index in [1.54, 1.807) is 12.2 Å². The minimum Gasteiger partial charge on any atom is -0.481 e. The zero-order chi connectivity index (χ0) is 21.1. The first-order chi connectivity index (χ1) is 14.0. The monoisotopic (exact) mass is 398 g/mol. The molecule has 5 heteroatoms. The normalized spacial score (nSPS) is 22.8. The quantitative estimate of drug-likeness (QED) is 0.337. The van der Waals surface area contributed by atoms with Crippen molar-refractivity contribution in [2.45, 2.75) is 63.6 Å². The lowest BCUT2D eigenvalue weighted by Gasteiger charge is -2.31. The Bertz CT molecular complexity index is 744. The molecule has 3 N–H and O–H groups in total. The molecule has 2 rings (SSSR count). The van der Waals surface area contributed by atoms with Crippen molar-refractivity contribution in [1.82, 2.24) is 0 Å². The van der Waals surface area contributed by atoms with E-state index in [-0.39, 0.29) is 24.0 Å². The van der Waals surface area contributed by atoms with Crippen molar-refractivity contribution in [3.63, 3.8) is 0 Å². The number of benzene rings is 1. The second-order valence-electron chi connectivity index (χ2n) is 7.54. The average Bonchev–Trinajstić information content (AvgIpc) is 2.71. The standard InChI is InChI=1S/C24H30O5/c25-19(13-12-18-8-4-3-5-9-18)14-15-21-20(22(26)16-17-23(21)27)10-6-1-2-7-11-24(28)29/h3-5,8-9,14-15,19-21,23,25,27H,2,7,10-13,16-17H2,(H,28,29)/t19?,20-,21-,23-/m1/s1. The highest BCUT2D eigenvalue weighted by Gasteiger charge is 2.35. The Balaban J connectivity index is 1.90. The van der Waals surface area contributed by atoms with E-state index in [0.717, 1.165) is 12.0 Å². The van der Waals surface area contributed by atoms with E-state index < -0.39 is 18.2 Å². The number of ketones is 1. The van der Waals surface area contributed by atoms with Crippen LogP contribution >= 0.6 is 0 Å². The highest BCUT2D eigenvalue weighted by Crippen LogP contribution is 2.31. The molecule has 5 nitrogen and oxygen atoms in total. The maximum atomic E-state index is 12.4. The summed E-state index contributed by atoms with van der Waals surface area (Å²) in [7, 11) is 0. The lowest BCUT2D eigenvalue weighted by atomic mass is 9.74. The van der Waals surface area contributed by atoms with Crippen molar-refractivity contribution >= 4 is 11.8 Å². The topological polar surface area (TPSA) is 94.8 Å². The van der Waals surface area contributed by atoms with Crippen LogP contribution < -0.4 is 0 Å². The van der Waals surface area contributed by atoms with E-state index in [2.05, 4.69) is 11.8 Å². The van der Waals surface area contributed by atoms with Gasteiger partial charge in [0.05, 0.1) is 12.2 Å². The molecule has 1 unspecified atom stereocenters. The number of unbranched alkanes of at least 4 members (excludes halogenated alkanes) is 1. The van der Waals surface area contributed by atoms with Crippen LogP contribution in [0.2, 0.25) is 0 Å². The second kappa shape index (κ2) is 12.2. The molecule has 0 bridgehead atoms. The molecule has 4 atom stereocenters. The summed E-state index contributed by atoms with van der Waals surface area (Å²) >= 11 is 0. The number of aliphatic hydroxyl groups is 2. The number of carbonyl (C=O) groups excluding carboxylic acids is 1. The molecule has 0 heterocycles. The Morgan fingerprint density at radius 2 is 2.00 bits per heavy atom. The third-order valence-corrected chi connectivity index (χ3v) is 5.28. The zero-order valence-electron chi connectivity index (χ0n) is 16.7. The van der Waals surface area contributed by atoms with Crippen molar-refractivity contribution in [3.8, 4) is 11.8 Å². The van der Waals surface area contributed by atoms with Gasteiger partial charge >= 0.3 is 5.97 Å². The van der Waals surface area contributed by atoms with Crippen molar-refractivity contribution < 1.29 is 24.9 Å². The van der Waals surface area contributed by atoms with E-state index in [0.29, 0.717) is 38.5 Å². The molecule has 0 amide bonds. The average molecular weight is 398 g/mol. The molecule has 156 valence electrons. The van der Waals surface area contributed by atoms with E-state index in [4.69, 9.17) is 5.11 Å². The van der Waals surface area contributed by atoms with Crippen LogP contribution in [0.15, 0.2) is 42.5 Å². The minimum absolute atomic E-state index is 0.0853. The molecule has 29 heavy (non-hydrogen) atoms. The van der Waals surface area contributed by atoms with Crippen LogP contribution in [-0.4, -0.2) is 39.3 Å². The lowest BCUT2D eigenvalue weighted by molar-refractivity contribution is -0.137. The predicted molar refractivity (Wildman–Crippen MR) is 111 cm³/mol. The number of carboxylic acids is 1. The summed E-state index contributed by atoms with van der Waals surface area (Å²) in [5.74, 6) is 4.41. The highest BCUT2D eigenvalue weighted by molar-refractivity contribution is 5.82. The molecule has 1 aliphatic carbocycles. The maximum Gasteiger partial charge on any atom is 0.303 e. The zero-order valence-corrected chi connectivity index (χ0v) is 16.7. The van der Waals surface area contributed by atoms with Gasteiger partial charge < -0.3 is 15.3 Å². The van der Waals surface area contributed by atoms with Gasteiger partial charge in [0.2, 0.25) is 0 Å². The molecular formula is C24H30O5. The summed E-state index contributed by atoms with van der Waals surface area (Å²) < 4.78 is 0. The number of Topliss-reactive ketones (excluding diaryl/α,β-unsaturated/α-hetero) is 1. The van der Waals surface area contributed by atoms with Gasteiger partial charge in [0.1, 0.15) is 5.78 Å². The number of hydrogen-bond donors (Lipinski definition) is 3. The molecule has 1 saturated carbocycles. The van der Waals surface area contributed by atoms with Crippen LogP contribution in [0.5, 0.6) is 0 Å². The summed E-state index contributed by atoms with van der Waals surface area (Å²) in [6.45, 7) is 0. The summed E-state index contributed by atoms with van der Waals surface area (Å²) in [5.41, 5.74) is 1.16. The van der Waals surface area contributed by atoms with Gasteiger partial charge in [-0.15, -0.1) is 11.8 Å². The van der Waals surface area contributed by atoms with Crippen LogP contribution in [0.3, 0.4) is 0 Å². The molecule has 1 aliphatic rings. The van der Waals surface area contributed by atoms with E-state index in [9.17, 15) is 19.8 Å².